The van der Waals surface area contributed by atoms with Crippen molar-refractivity contribution < 1.29 is 14.6 Å². The van der Waals surface area contributed by atoms with E-state index >= 15 is 0 Å². The van der Waals surface area contributed by atoms with E-state index in [2.05, 4.69) is 0 Å². The van der Waals surface area contributed by atoms with E-state index in [1.807, 2.05) is 38.1 Å². The van der Waals surface area contributed by atoms with Crippen molar-refractivity contribution >= 4 is 0 Å². The lowest BCUT2D eigenvalue weighted by Crippen LogP contribution is -2.52. The fraction of sp³-hybridized carbons (Fsp3) is 0.500. The van der Waals surface area contributed by atoms with Crippen LogP contribution in [0.5, 0.6) is 11.5 Å². The fourth-order valence-corrected chi connectivity index (χ4v) is 1.65. The maximum Gasteiger partial charge on any atom is 0.168 e. The molecule has 1 aromatic carbocycles. The van der Waals surface area contributed by atoms with Crippen LogP contribution in [0.1, 0.15) is 13.8 Å². The predicted octanol–water partition coefficient (Wildman–Crippen LogP) is 1.84. The van der Waals surface area contributed by atoms with Crippen LogP contribution >= 0.6 is 0 Å². The zero-order chi connectivity index (χ0) is 10.9. The maximum absolute atomic E-state index is 9.43. The van der Waals surface area contributed by atoms with Gasteiger partial charge < -0.3 is 14.6 Å². The molecule has 1 aromatic rings. The summed E-state index contributed by atoms with van der Waals surface area (Å²) in [6, 6.07) is 7.54. The number of hydrogen-bond acceptors (Lipinski definition) is 3. The Bertz CT molecular complexity index is 348. The van der Waals surface area contributed by atoms with E-state index < -0.39 is 5.60 Å². The van der Waals surface area contributed by atoms with Crippen molar-refractivity contribution in [2.45, 2.75) is 19.4 Å². The van der Waals surface area contributed by atoms with Gasteiger partial charge in [0, 0.05) is 0 Å². The van der Waals surface area contributed by atoms with E-state index in [4.69, 9.17) is 9.47 Å². The molecule has 1 aliphatic heterocycles. The highest BCUT2D eigenvalue weighted by atomic mass is 16.6. The molecule has 0 saturated heterocycles. The summed E-state index contributed by atoms with van der Waals surface area (Å²) in [5, 5.41) is 9.43. The number of fused-ring (bicyclic) bond motifs is 1. The van der Waals surface area contributed by atoms with Crippen molar-refractivity contribution in [3.05, 3.63) is 24.3 Å². The minimum absolute atomic E-state index is 0.0288. The smallest absolute Gasteiger partial charge is 0.168 e. The lowest BCUT2D eigenvalue weighted by molar-refractivity contribution is -0.0777. The van der Waals surface area contributed by atoms with Gasteiger partial charge in [-0.2, -0.15) is 0 Å². The summed E-state index contributed by atoms with van der Waals surface area (Å²) in [7, 11) is 0. The van der Waals surface area contributed by atoms with Crippen molar-refractivity contribution in [3.8, 4) is 11.5 Å². The standard InChI is InChI=1S/C12H16O3/c1-9(2)12(7-13)8-14-10-5-3-4-6-11(10)15-12/h3-6,9,13H,7-8H2,1-2H3. The van der Waals surface area contributed by atoms with Gasteiger partial charge in [-0.05, 0) is 18.1 Å². The van der Waals surface area contributed by atoms with Crippen LogP contribution in [0, 0.1) is 5.92 Å². The van der Waals surface area contributed by atoms with E-state index in [0.29, 0.717) is 12.4 Å². The molecule has 0 aromatic heterocycles. The number of ether oxygens (including phenoxy) is 2. The highest BCUT2D eigenvalue weighted by Crippen LogP contribution is 2.37. The molecule has 1 heterocycles. The predicted molar refractivity (Wildman–Crippen MR) is 57.2 cm³/mol. The van der Waals surface area contributed by atoms with E-state index in [0.717, 1.165) is 5.75 Å². The largest absolute Gasteiger partial charge is 0.485 e. The Morgan fingerprint density at radius 2 is 2.00 bits per heavy atom. The normalized spacial score (nSPS) is 24.3. The summed E-state index contributed by atoms with van der Waals surface area (Å²) in [5.41, 5.74) is -0.603. The average Bonchev–Trinajstić information content (AvgIpc) is 2.28. The molecule has 0 radical (unpaired) electrons. The SMILES string of the molecule is CC(C)C1(CO)COc2ccccc2O1. The van der Waals surface area contributed by atoms with Gasteiger partial charge in [0.25, 0.3) is 0 Å². The molecule has 1 atom stereocenters. The Labute approximate surface area is 89.6 Å². The molecule has 0 saturated carbocycles. The topological polar surface area (TPSA) is 38.7 Å². The van der Waals surface area contributed by atoms with Gasteiger partial charge in [0.15, 0.2) is 17.1 Å². The van der Waals surface area contributed by atoms with Crippen LogP contribution in [0.4, 0.5) is 0 Å². The zero-order valence-electron chi connectivity index (χ0n) is 9.06. The van der Waals surface area contributed by atoms with Crippen molar-refractivity contribution in [2.75, 3.05) is 13.2 Å². The molecule has 0 bridgehead atoms. The van der Waals surface area contributed by atoms with Crippen molar-refractivity contribution in [1.82, 2.24) is 0 Å². The zero-order valence-corrected chi connectivity index (χ0v) is 9.06. The number of para-hydroxylation sites is 2. The van der Waals surface area contributed by atoms with Gasteiger partial charge in [-0.3, -0.25) is 0 Å². The molecule has 0 aliphatic carbocycles. The van der Waals surface area contributed by atoms with Crippen molar-refractivity contribution in [1.29, 1.82) is 0 Å². The average molecular weight is 208 g/mol. The third kappa shape index (κ3) is 1.67. The summed E-state index contributed by atoms with van der Waals surface area (Å²) in [5.74, 6) is 1.67. The molecule has 0 spiro atoms. The fourth-order valence-electron chi connectivity index (χ4n) is 1.65. The van der Waals surface area contributed by atoms with Crippen molar-refractivity contribution in [2.24, 2.45) is 5.92 Å². The second-order valence-electron chi connectivity index (χ2n) is 4.22. The van der Waals surface area contributed by atoms with E-state index in [1.165, 1.54) is 0 Å². The molecule has 0 fully saturated rings. The van der Waals surface area contributed by atoms with Gasteiger partial charge in [0.1, 0.15) is 6.61 Å². The summed E-state index contributed by atoms with van der Waals surface area (Å²) in [6.07, 6.45) is 0. The van der Waals surface area contributed by atoms with E-state index in [9.17, 15) is 5.11 Å². The number of aliphatic hydroxyl groups is 1. The lowest BCUT2D eigenvalue weighted by atomic mass is 9.91. The monoisotopic (exact) mass is 208 g/mol. The molecule has 82 valence electrons. The lowest BCUT2D eigenvalue weighted by Gasteiger charge is -2.39. The third-order valence-corrected chi connectivity index (χ3v) is 2.95. The quantitative estimate of drug-likeness (QED) is 0.806. The highest BCUT2D eigenvalue weighted by molar-refractivity contribution is 5.41. The minimum atomic E-state index is -0.603. The van der Waals surface area contributed by atoms with Crippen LogP contribution in [0.25, 0.3) is 0 Å². The highest BCUT2D eigenvalue weighted by Gasteiger charge is 2.40. The first-order chi connectivity index (χ1) is 7.18. The van der Waals surface area contributed by atoms with Gasteiger partial charge in [-0.1, -0.05) is 26.0 Å². The maximum atomic E-state index is 9.43. The first-order valence-corrected chi connectivity index (χ1v) is 5.20. The Hall–Kier alpha value is -1.22. The molecule has 3 heteroatoms. The van der Waals surface area contributed by atoms with Crippen LogP contribution < -0.4 is 9.47 Å². The summed E-state index contributed by atoms with van der Waals surface area (Å²) >= 11 is 0. The molecule has 3 nitrogen and oxygen atoms in total. The Morgan fingerprint density at radius 1 is 1.33 bits per heavy atom. The van der Waals surface area contributed by atoms with Crippen molar-refractivity contribution in [3.63, 3.8) is 0 Å². The summed E-state index contributed by atoms with van der Waals surface area (Å²) in [6.45, 7) is 4.41. The number of hydrogen-bond donors (Lipinski definition) is 1. The molecule has 2 rings (SSSR count). The number of benzene rings is 1. The Balaban J connectivity index is 2.31. The Morgan fingerprint density at radius 3 is 2.60 bits per heavy atom. The van der Waals surface area contributed by atoms with Gasteiger partial charge in [-0.25, -0.2) is 0 Å². The van der Waals surface area contributed by atoms with Gasteiger partial charge in [0.05, 0.1) is 6.61 Å². The molecular formula is C12H16O3. The molecule has 1 aliphatic rings. The molecule has 0 amide bonds. The first kappa shape index (κ1) is 10.3. The van der Waals surface area contributed by atoms with Gasteiger partial charge in [0.2, 0.25) is 0 Å². The van der Waals surface area contributed by atoms with Crippen LogP contribution in [0.3, 0.4) is 0 Å². The molecule has 15 heavy (non-hydrogen) atoms. The van der Waals surface area contributed by atoms with Crippen LogP contribution in [0.15, 0.2) is 24.3 Å². The van der Waals surface area contributed by atoms with Crippen LogP contribution in [-0.2, 0) is 0 Å². The first-order valence-electron chi connectivity index (χ1n) is 5.20. The third-order valence-electron chi connectivity index (χ3n) is 2.95. The second kappa shape index (κ2) is 3.74. The summed E-state index contributed by atoms with van der Waals surface area (Å²) in [4.78, 5) is 0. The second-order valence-corrected chi connectivity index (χ2v) is 4.22. The van der Waals surface area contributed by atoms with E-state index in [1.54, 1.807) is 0 Å². The number of aliphatic hydroxyl groups excluding tert-OH is 1. The van der Waals surface area contributed by atoms with E-state index in [-0.39, 0.29) is 12.5 Å². The molecule has 1 unspecified atom stereocenters. The minimum Gasteiger partial charge on any atom is -0.485 e. The Kier molecular flexibility index (Phi) is 2.57. The van der Waals surface area contributed by atoms with Crippen LogP contribution in [-0.4, -0.2) is 23.9 Å². The number of rotatable bonds is 2. The van der Waals surface area contributed by atoms with Gasteiger partial charge in [-0.15, -0.1) is 0 Å². The molecular weight excluding hydrogens is 192 g/mol. The van der Waals surface area contributed by atoms with Gasteiger partial charge >= 0.3 is 0 Å². The van der Waals surface area contributed by atoms with Crippen LogP contribution in [0.2, 0.25) is 0 Å². The molecule has 1 N–H and O–H groups in total. The summed E-state index contributed by atoms with van der Waals surface area (Å²) < 4.78 is 11.5.